The van der Waals surface area contributed by atoms with Crippen molar-refractivity contribution in [3.05, 3.63) is 35.6 Å². The summed E-state index contributed by atoms with van der Waals surface area (Å²) < 4.78 is 13.5. The minimum absolute atomic E-state index is 0.0314. The van der Waals surface area contributed by atoms with E-state index < -0.39 is 0 Å². The van der Waals surface area contributed by atoms with Crippen molar-refractivity contribution in [1.29, 1.82) is 0 Å². The summed E-state index contributed by atoms with van der Waals surface area (Å²) in [6, 6.07) is 6.83. The first-order valence-electron chi connectivity index (χ1n) is 7.35. The van der Waals surface area contributed by atoms with E-state index in [1.165, 1.54) is 6.07 Å². The van der Waals surface area contributed by atoms with Gasteiger partial charge in [-0.25, -0.2) is 4.39 Å². The third-order valence-electron chi connectivity index (χ3n) is 3.54. The van der Waals surface area contributed by atoms with E-state index in [4.69, 9.17) is 5.73 Å². The minimum atomic E-state index is -0.197. The molecule has 0 aliphatic rings. The molecule has 0 radical (unpaired) electrons. The number of hydrogen-bond donors (Lipinski definition) is 1. The van der Waals surface area contributed by atoms with Crippen LogP contribution in [0.15, 0.2) is 24.3 Å². The van der Waals surface area contributed by atoms with E-state index in [0.717, 1.165) is 31.6 Å². The van der Waals surface area contributed by atoms with E-state index in [1.807, 2.05) is 13.0 Å². The lowest BCUT2D eigenvalue weighted by Crippen LogP contribution is -2.40. The summed E-state index contributed by atoms with van der Waals surface area (Å²) in [5.74, 6) is -0.197. The third kappa shape index (κ3) is 5.19. The van der Waals surface area contributed by atoms with Gasteiger partial charge in [0.05, 0.1) is 0 Å². The third-order valence-corrected chi connectivity index (χ3v) is 3.54. The molecule has 1 aromatic rings. The van der Waals surface area contributed by atoms with Gasteiger partial charge in [0, 0.05) is 18.6 Å². The van der Waals surface area contributed by atoms with Crippen LogP contribution in [0.4, 0.5) is 4.39 Å². The van der Waals surface area contributed by atoms with Crippen molar-refractivity contribution in [1.82, 2.24) is 9.80 Å². The molecule has 4 heteroatoms. The highest BCUT2D eigenvalue weighted by molar-refractivity contribution is 5.21. The Morgan fingerprint density at radius 1 is 1.25 bits per heavy atom. The summed E-state index contributed by atoms with van der Waals surface area (Å²) in [7, 11) is 4.15. The van der Waals surface area contributed by atoms with Crippen LogP contribution in [0, 0.1) is 5.82 Å². The van der Waals surface area contributed by atoms with Crippen LogP contribution in [0.3, 0.4) is 0 Å². The Morgan fingerprint density at radius 3 is 2.45 bits per heavy atom. The van der Waals surface area contributed by atoms with Crippen LogP contribution in [-0.4, -0.2) is 49.6 Å². The molecule has 0 spiro atoms. The Balaban J connectivity index is 2.82. The van der Waals surface area contributed by atoms with Gasteiger partial charge in [0.25, 0.3) is 0 Å². The molecular formula is C16H28FN3. The van der Waals surface area contributed by atoms with Gasteiger partial charge < -0.3 is 10.6 Å². The highest BCUT2D eigenvalue weighted by Crippen LogP contribution is 2.24. The number of rotatable bonds is 8. The Labute approximate surface area is 122 Å². The predicted octanol–water partition coefficient (Wildman–Crippen LogP) is 2.49. The summed E-state index contributed by atoms with van der Waals surface area (Å²) in [5.41, 5.74) is 7.12. The molecule has 3 nitrogen and oxygen atoms in total. The normalized spacial score (nSPS) is 14.8. The summed E-state index contributed by atoms with van der Waals surface area (Å²) >= 11 is 0. The monoisotopic (exact) mass is 281 g/mol. The summed E-state index contributed by atoms with van der Waals surface area (Å²) in [6.45, 7) is 7.05. The fourth-order valence-corrected chi connectivity index (χ4v) is 2.62. The molecule has 2 N–H and O–H groups in total. The van der Waals surface area contributed by atoms with Crippen LogP contribution in [0.25, 0.3) is 0 Å². The lowest BCUT2D eigenvalue weighted by molar-refractivity contribution is 0.177. The van der Waals surface area contributed by atoms with Crippen molar-refractivity contribution >= 4 is 0 Å². The van der Waals surface area contributed by atoms with Gasteiger partial charge in [0.1, 0.15) is 5.82 Å². The molecule has 1 rings (SSSR count). The second-order valence-electron chi connectivity index (χ2n) is 5.64. The molecule has 0 saturated carbocycles. The second-order valence-corrected chi connectivity index (χ2v) is 5.64. The van der Waals surface area contributed by atoms with Crippen LogP contribution >= 0.6 is 0 Å². The van der Waals surface area contributed by atoms with Crippen LogP contribution < -0.4 is 5.73 Å². The van der Waals surface area contributed by atoms with Crippen molar-refractivity contribution < 1.29 is 4.39 Å². The Hall–Kier alpha value is -0.970. The molecule has 0 saturated heterocycles. The second kappa shape index (κ2) is 8.35. The zero-order valence-electron chi connectivity index (χ0n) is 13.1. The van der Waals surface area contributed by atoms with E-state index in [1.54, 1.807) is 12.1 Å². The van der Waals surface area contributed by atoms with Crippen LogP contribution in [-0.2, 0) is 0 Å². The maximum absolute atomic E-state index is 13.5. The van der Waals surface area contributed by atoms with E-state index in [0.29, 0.717) is 0 Å². The Bertz CT molecular complexity index is 393. The van der Waals surface area contributed by atoms with Crippen molar-refractivity contribution in [2.24, 2.45) is 5.73 Å². The maximum Gasteiger partial charge on any atom is 0.123 e. The quantitative estimate of drug-likeness (QED) is 0.794. The van der Waals surface area contributed by atoms with Crippen LogP contribution in [0.2, 0.25) is 0 Å². The smallest absolute Gasteiger partial charge is 0.123 e. The zero-order valence-corrected chi connectivity index (χ0v) is 13.1. The van der Waals surface area contributed by atoms with Gasteiger partial charge in [0.15, 0.2) is 0 Å². The minimum Gasteiger partial charge on any atom is -0.326 e. The van der Waals surface area contributed by atoms with Gasteiger partial charge in [-0.2, -0.15) is 0 Å². The van der Waals surface area contributed by atoms with Gasteiger partial charge in [-0.05, 0) is 58.2 Å². The highest BCUT2D eigenvalue weighted by atomic mass is 19.1. The largest absolute Gasteiger partial charge is 0.326 e. The summed E-state index contributed by atoms with van der Waals surface area (Å²) in [4.78, 5) is 4.51. The van der Waals surface area contributed by atoms with Gasteiger partial charge in [-0.3, -0.25) is 4.90 Å². The first-order valence-corrected chi connectivity index (χ1v) is 7.35. The molecule has 0 aliphatic carbocycles. The molecule has 20 heavy (non-hydrogen) atoms. The molecule has 0 heterocycles. The van der Waals surface area contributed by atoms with Gasteiger partial charge in [-0.1, -0.05) is 19.1 Å². The molecular weight excluding hydrogens is 253 g/mol. The van der Waals surface area contributed by atoms with E-state index in [-0.39, 0.29) is 17.9 Å². The SMILES string of the molecule is CCN(CCCN(C)C)C(c1cccc(F)c1)C(C)N. The average Bonchev–Trinajstić information content (AvgIpc) is 2.36. The number of likely N-dealkylation sites (N-methyl/N-ethyl adjacent to an activating group) is 1. The average molecular weight is 281 g/mol. The molecule has 2 unspecified atom stereocenters. The summed E-state index contributed by atoms with van der Waals surface area (Å²) in [6.07, 6.45) is 1.08. The molecule has 0 amide bonds. The van der Waals surface area contributed by atoms with Crippen molar-refractivity contribution in [3.8, 4) is 0 Å². The lowest BCUT2D eigenvalue weighted by atomic mass is 9.98. The van der Waals surface area contributed by atoms with Crippen LogP contribution in [0.5, 0.6) is 0 Å². The fraction of sp³-hybridized carbons (Fsp3) is 0.625. The number of hydrogen-bond acceptors (Lipinski definition) is 3. The molecule has 0 aromatic heterocycles. The Morgan fingerprint density at radius 2 is 1.95 bits per heavy atom. The van der Waals surface area contributed by atoms with Gasteiger partial charge in [-0.15, -0.1) is 0 Å². The first-order chi connectivity index (χ1) is 9.45. The number of benzene rings is 1. The molecule has 0 fully saturated rings. The van der Waals surface area contributed by atoms with Gasteiger partial charge >= 0.3 is 0 Å². The van der Waals surface area contributed by atoms with Crippen molar-refractivity contribution in [3.63, 3.8) is 0 Å². The molecule has 1 aromatic carbocycles. The zero-order chi connectivity index (χ0) is 15.1. The number of nitrogens with two attached hydrogens (primary N) is 1. The lowest BCUT2D eigenvalue weighted by Gasteiger charge is -2.34. The first kappa shape index (κ1) is 17.1. The van der Waals surface area contributed by atoms with E-state index in [9.17, 15) is 4.39 Å². The highest BCUT2D eigenvalue weighted by Gasteiger charge is 2.23. The maximum atomic E-state index is 13.5. The van der Waals surface area contributed by atoms with Crippen LogP contribution in [0.1, 0.15) is 31.9 Å². The molecule has 2 atom stereocenters. The number of halogens is 1. The van der Waals surface area contributed by atoms with Crippen molar-refractivity contribution in [2.45, 2.75) is 32.4 Å². The Kier molecular flexibility index (Phi) is 7.13. The molecule has 0 bridgehead atoms. The standard InChI is InChI=1S/C16H28FN3/c1-5-20(11-7-10-19(3)4)16(13(2)18)14-8-6-9-15(17)12-14/h6,8-9,12-13,16H,5,7,10-11,18H2,1-4H3. The van der Waals surface area contributed by atoms with E-state index in [2.05, 4.69) is 30.8 Å². The van der Waals surface area contributed by atoms with E-state index >= 15 is 0 Å². The predicted molar refractivity (Wildman–Crippen MR) is 83.2 cm³/mol. The van der Waals surface area contributed by atoms with Crippen molar-refractivity contribution in [2.75, 3.05) is 33.7 Å². The fourth-order valence-electron chi connectivity index (χ4n) is 2.62. The van der Waals surface area contributed by atoms with Gasteiger partial charge in [0.2, 0.25) is 0 Å². The molecule has 114 valence electrons. The topological polar surface area (TPSA) is 32.5 Å². The number of nitrogens with zero attached hydrogens (tertiary/aromatic N) is 2. The molecule has 0 aliphatic heterocycles. The summed E-state index contributed by atoms with van der Waals surface area (Å²) in [5, 5.41) is 0.